The number of ether oxygens (including phenoxy) is 1. The average Bonchev–Trinajstić information content (AvgIpc) is 3.36. The molecule has 4 aromatic rings. The van der Waals surface area contributed by atoms with Gasteiger partial charge in [0.1, 0.15) is 0 Å². The number of benzene rings is 2. The van der Waals surface area contributed by atoms with Gasteiger partial charge in [0, 0.05) is 22.7 Å². The van der Waals surface area contributed by atoms with Gasteiger partial charge < -0.3 is 9.30 Å². The molecule has 39 heavy (non-hydrogen) atoms. The molecule has 5 rings (SSSR count). The van der Waals surface area contributed by atoms with Crippen LogP contribution < -0.4 is 14.9 Å². The molecule has 6 nitrogen and oxygen atoms in total. The molecule has 2 aromatic heterocycles. The quantitative estimate of drug-likeness (QED) is 0.305. The van der Waals surface area contributed by atoms with Gasteiger partial charge in [-0.1, -0.05) is 67.6 Å². The van der Waals surface area contributed by atoms with Gasteiger partial charge in [-0.3, -0.25) is 9.36 Å². The van der Waals surface area contributed by atoms with E-state index < -0.39 is 12.0 Å². The van der Waals surface area contributed by atoms with Crippen molar-refractivity contribution < 1.29 is 9.53 Å². The molecule has 202 valence electrons. The molecule has 1 atom stereocenters. The third kappa shape index (κ3) is 4.39. The molecule has 1 aliphatic heterocycles. The fraction of sp³-hybridized carbons (Fsp3) is 0.344. The van der Waals surface area contributed by atoms with E-state index in [9.17, 15) is 9.59 Å². The average molecular weight is 542 g/mol. The highest BCUT2D eigenvalue weighted by molar-refractivity contribution is 7.07. The number of fused-ring (bicyclic) bond motifs is 2. The van der Waals surface area contributed by atoms with E-state index in [0.717, 1.165) is 22.2 Å². The van der Waals surface area contributed by atoms with E-state index in [2.05, 4.69) is 76.4 Å². The van der Waals surface area contributed by atoms with Crippen molar-refractivity contribution in [2.45, 2.75) is 66.5 Å². The van der Waals surface area contributed by atoms with Gasteiger partial charge in [-0.2, -0.15) is 0 Å². The predicted molar refractivity (Wildman–Crippen MR) is 158 cm³/mol. The zero-order valence-electron chi connectivity index (χ0n) is 23.8. The number of para-hydroxylation sites is 1. The van der Waals surface area contributed by atoms with Gasteiger partial charge in [-0.15, -0.1) is 0 Å². The molecule has 0 spiro atoms. The number of esters is 1. The minimum Gasteiger partial charge on any atom is -0.466 e. The SMILES string of the molecule is COC(=O)C1=C(C)N=c2s/c(=C\c3c(C)n(C(C)C)c4c(C)cccc34)c(=O)n2[C@H]1c1ccc(C(C)C)cc1. The number of thiazole rings is 1. The highest BCUT2D eigenvalue weighted by atomic mass is 32.1. The molecular weight excluding hydrogens is 506 g/mol. The molecule has 0 unspecified atom stereocenters. The Kier molecular flexibility index (Phi) is 6.97. The lowest BCUT2D eigenvalue weighted by Crippen LogP contribution is -2.39. The fourth-order valence-electron chi connectivity index (χ4n) is 5.72. The minimum absolute atomic E-state index is 0.164. The van der Waals surface area contributed by atoms with Crippen LogP contribution in [0.3, 0.4) is 0 Å². The molecule has 2 aromatic carbocycles. The van der Waals surface area contributed by atoms with Crippen LogP contribution in [-0.2, 0) is 9.53 Å². The molecule has 0 fully saturated rings. The number of carbonyl (C=O) groups is 1. The molecule has 7 heteroatoms. The van der Waals surface area contributed by atoms with Crippen molar-refractivity contribution in [1.82, 2.24) is 9.13 Å². The van der Waals surface area contributed by atoms with E-state index in [1.807, 2.05) is 25.1 Å². The van der Waals surface area contributed by atoms with Crippen molar-refractivity contribution in [3.8, 4) is 0 Å². The summed E-state index contributed by atoms with van der Waals surface area (Å²) in [5.74, 6) is -0.104. The summed E-state index contributed by atoms with van der Waals surface area (Å²) in [5, 5.41) is 1.12. The molecule has 3 heterocycles. The third-order valence-corrected chi connectivity index (χ3v) is 8.64. The molecule has 0 bridgehead atoms. The van der Waals surface area contributed by atoms with Crippen molar-refractivity contribution in [2.24, 2.45) is 4.99 Å². The van der Waals surface area contributed by atoms with Gasteiger partial charge >= 0.3 is 5.97 Å². The van der Waals surface area contributed by atoms with Gasteiger partial charge in [0.25, 0.3) is 5.56 Å². The van der Waals surface area contributed by atoms with Crippen molar-refractivity contribution in [1.29, 1.82) is 0 Å². The Morgan fingerprint density at radius 2 is 1.74 bits per heavy atom. The molecule has 0 radical (unpaired) electrons. The second-order valence-electron chi connectivity index (χ2n) is 10.8. The van der Waals surface area contributed by atoms with Crippen molar-refractivity contribution in [3.63, 3.8) is 0 Å². The topological polar surface area (TPSA) is 65.6 Å². The summed E-state index contributed by atoms with van der Waals surface area (Å²) in [7, 11) is 1.36. The molecule has 1 aliphatic rings. The molecule has 0 saturated carbocycles. The summed E-state index contributed by atoms with van der Waals surface area (Å²) in [6.45, 7) is 14.7. The number of carbonyl (C=O) groups excluding carboxylic acids is 1. The zero-order chi connectivity index (χ0) is 28.2. The maximum absolute atomic E-state index is 14.1. The number of aryl methyl sites for hydroxylation is 1. The lowest BCUT2D eigenvalue weighted by atomic mass is 9.93. The van der Waals surface area contributed by atoms with Crippen LogP contribution in [0.25, 0.3) is 17.0 Å². The molecule has 0 amide bonds. The van der Waals surface area contributed by atoms with E-state index >= 15 is 0 Å². The van der Waals surface area contributed by atoms with Crippen molar-refractivity contribution in [2.75, 3.05) is 7.11 Å². The Bertz CT molecular complexity index is 1820. The van der Waals surface area contributed by atoms with Crippen LogP contribution in [-0.4, -0.2) is 22.2 Å². The summed E-state index contributed by atoms with van der Waals surface area (Å²) in [4.78, 5) is 32.4. The van der Waals surface area contributed by atoms with E-state index in [4.69, 9.17) is 9.73 Å². The van der Waals surface area contributed by atoms with E-state index in [1.54, 1.807) is 4.57 Å². The maximum Gasteiger partial charge on any atom is 0.338 e. The number of hydrogen-bond donors (Lipinski definition) is 0. The highest BCUT2D eigenvalue weighted by Crippen LogP contribution is 2.33. The first-order valence-corrected chi connectivity index (χ1v) is 14.2. The largest absolute Gasteiger partial charge is 0.466 e. The van der Waals surface area contributed by atoms with E-state index in [0.29, 0.717) is 26.5 Å². The van der Waals surface area contributed by atoms with Crippen LogP contribution in [0.4, 0.5) is 0 Å². The van der Waals surface area contributed by atoms with Crippen LogP contribution in [0, 0.1) is 13.8 Å². The lowest BCUT2D eigenvalue weighted by Gasteiger charge is -2.24. The Balaban J connectivity index is 1.78. The molecule has 0 saturated heterocycles. The second-order valence-corrected chi connectivity index (χ2v) is 11.8. The molecule has 0 aliphatic carbocycles. The third-order valence-electron chi connectivity index (χ3n) is 7.66. The van der Waals surface area contributed by atoms with Crippen molar-refractivity contribution >= 4 is 34.3 Å². The summed E-state index contributed by atoms with van der Waals surface area (Å²) >= 11 is 1.36. The number of hydrogen-bond acceptors (Lipinski definition) is 5. The van der Waals surface area contributed by atoms with Gasteiger partial charge in [-0.05, 0) is 63.3 Å². The Morgan fingerprint density at radius 1 is 1.05 bits per heavy atom. The highest BCUT2D eigenvalue weighted by Gasteiger charge is 2.33. The smallest absolute Gasteiger partial charge is 0.338 e. The summed E-state index contributed by atoms with van der Waals surface area (Å²) in [6.07, 6.45) is 2.00. The second kappa shape index (κ2) is 10.1. The number of aromatic nitrogens is 2. The number of allylic oxidation sites excluding steroid dienone is 1. The first-order chi connectivity index (χ1) is 18.5. The van der Waals surface area contributed by atoms with Gasteiger partial charge in [-0.25, -0.2) is 9.79 Å². The summed E-state index contributed by atoms with van der Waals surface area (Å²) < 4.78 is 9.73. The van der Waals surface area contributed by atoms with Gasteiger partial charge in [0.2, 0.25) is 0 Å². The molecular formula is C32H35N3O3S. The van der Waals surface area contributed by atoms with E-state index in [1.165, 1.54) is 35.1 Å². The lowest BCUT2D eigenvalue weighted by molar-refractivity contribution is -0.136. The molecule has 0 N–H and O–H groups in total. The van der Waals surface area contributed by atoms with Gasteiger partial charge in [0.15, 0.2) is 4.80 Å². The van der Waals surface area contributed by atoms with Crippen LogP contribution in [0.15, 0.2) is 63.5 Å². The van der Waals surface area contributed by atoms with E-state index in [-0.39, 0.29) is 11.6 Å². The Labute approximate surface area is 232 Å². The van der Waals surface area contributed by atoms with Crippen LogP contribution in [0.1, 0.15) is 80.6 Å². The Morgan fingerprint density at radius 3 is 2.36 bits per heavy atom. The monoisotopic (exact) mass is 541 g/mol. The summed E-state index contributed by atoms with van der Waals surface area (Å²) in [6, 6.07) is 14.1. The van der Waals surface area contributed by atoms with Crippen molar-refractivity contribution in [3.05, 3.63) is 101 Å². The van der Waals surface area contributed by atoms with Crippen LogP contribution in [0.2, 0.25) is 0 Å². The van der Waals surface area contributed by atoms with Crippen LogP contribution >= 0.6 is 11.3 Å². The first-order valence-electron chi connectivity index (χ1n) is 13.4. The standard InChI is InChI=1S/C32H35N3O3S/c1-17(2)22-12-14-23(15-13-22)29-27(31(37)38-8)20(6)33-32-35(29)30(36)26(39-32)16-25-21(7)34(18(3)4)28-19(5)10-9-11-24(25)28/h9-18,29H,1-8H3/b26-16-/t29-/m0/s1. The zero-order valence-corrected chi connectivity index (χ0v) is 24.6. The number of rotatable bonds is 5. The van der Waals surface area contributed by atoms with Gasteiger partial charge in [0.05, 0.1) is 34.5 Å². The minimum atomic E-state index is -0.614. The van der Waals surface area contributed by atoms with Crippen LogP contribution in [0.5, 0.6) is 0 Å². The predicted octanol–water partition coefficient (Wildman–Crippen LogP) is 5.68. The summed E-state index contributed by atoms with van der Waals surface area (Å²) in [5.41, 5.74) is 7.38. The fourth-order valence-corrected chi connectivity index (χ4v) is 6.75. The number of methoxy groups -OCH3 is 1. The maximum atomic E-state index is 14.1. The normalized spacial score (nSPS) is 15.8. The number of nitrogens with zero attached hydrogens (tertiary/aromatic N) is 3. The Hall–Kier alpha value is -3.71. The first kappa shape index (κ1) is 26.9.